The average Bonchev–Trinajstić information content (AvgIpc) is 2.78. The van der Waals surface area contributed by atoms with Crippen LogP contribution in [0.4, 0.5) is 0 Å². The Labute approximate surface area is 132 Å². The summed E-state index contributed by atoms with van der Waals surface area (Å²) in [6, 6.07) is 20.9. The van der Waals surface area contributed by atoms with E-state index in [1.54, 1.807) is 0 Å². The van der Waals surface area contributed by atoms with Crippen molar-refractivity contribution in [3.8, 4) is 0 Å². The normalized spacial score (nSPS) is 23.1. The van der Waals surface area contributed by atoms with E-state index >= 15 is 0 Å². The quantitative estimate of drug-likeness (QED) is 0.942. The van der Waals surface area contributed by atoms with Crippen molar-refractivity contribution in [1.82, 2.24) is 4.90 Å². The van der Waals surface area contributed by atoms with E-state index in [9.17, 15) is 5.11 Å². The van der Waals surface area contributed by atoms with E-state index in [4.69, 9.17) is 4.74 Å². The molecule has 0 radical (unpaired) electrons. The highest BCUT2D eigenvalue weighted by Gasteiger charge is 2.28. The van der Waals surface area contributed by atoms with Gasteiger partial charge in [0.15, 0.2) is 0 Å². The van der Waals surface area contributed by atoms with Gasteiger partial charge in [-0.15, -0.1) is 0 Å². The molecule has 1 N–H and O–H groups in total. The number of ether oxygens (including phenoxy) is 1. The summed E-state index contributed by atoms with van der Waals surface area (Å²) in [4.78, 5) is 2.42. The zero-order valence-electron chi connectivity index (χ0n) is 12.8. The van der Waals surface area contributed by atoms with Gasteiger partial charge >= 0.3 is 0 Å². The Bertz CT molecular complexity index is 558. The van der Waals surface area contributed by atoms with E-state index in [1.165, 1.54) is 11.1 Å². The molecule has 3 heteroatoms. The maximum absolute atomic E-state index is 9.68. The lowest BCUT2D eigenvalue weighted by atomic mass is 9.93. The lowest BCUT2D eigenvalue weighted by Gasteiger charge is -2.27. The molecule has 22 heavy (non-hydrogen) atoms. The van der Waals surface area contributed by atoms with Crippen molar-refractivity contribution in [2.75, 3.05) is 26.3 Å². The first-order valence-corrected chi connectivity index (χ1v) is 7.90. The van der Waals surface area contributed by atoms with Crippen molar-refractivity contribution in [3.63, 3.8) is 0 Å². The fourth-order valence-electron chi connectivity index (χ4n) is 3.12. The zero-order valence-corrected chi connectivity index (χ0v) is 12.8. The number of aliphatic hydroxyl groups excluding tert-OH is 1. The van der Waals surface area contributed by atoms with Crippen LogP contribution in [-0.4, -0.2) is 42.4 Å². The average molecular weight is 297 g/mol. The van der Waals surface area contributed by atoms with Gasteiger partial charge < -0.3 is 9.84 Å². The molecule has 1 heterocycles. The molecule has 2 aromatic rings. The summed E-state index contributed by atoms with van der Waals surface area (Å²) in [7, 11) is 0. The molecule has 116 valence electrons. The monoisotopic (exact) mass is 297 g/mol. The molecule has 1 aliphatic rings. The minimum absolute atomic E-state index is 0.0682. The van der Waals surface area contributed by atoms with Gasteiger partial charge in [0.05, 0.1) is 19.3 Å². The Morgan fingerprint density at radius 1 is 1.00 bits per heavy atom. The topological polar surface area (TPSA) is 32.7 Å². The lowest BCUT2D eigenvalue weighted by molar-refractivity contribution is 0.0104. The van der Waals surface area contributed by atoms with Crippen LogP contribution in [0.1, 0.15) is 17.0 Å². The SMILES string of the molecule is OC[C@@H]1OCCN(Cc2ccccc2)C[C@H]1c1ccccc1. The van der Waals surface area contributed by atoms with Gasteiger partial charge in [-0.3, -0.25) is 4.90 Å². The maximum atomic E-state index is 9.68. The summed E-state index contributed by atoms with van der Waals surface area (Å²) in [5, 5.41) is 9.68. The van der Waals surface area contributed by atoms with Crippen molar-refractivity contribution >= 4 is 0 Å². The van der Waals surface area contributed by atoms with Crippen LogP contribution in [0.15, 0.2) is 60.7 Å². The molecule has 0 saturated carbocycles. The number of hydrogen-bond donors (Lipinski definition) is 1. The van der Waals surface area contributed by atoms with Gasteiger partial charge in [-0.25, -0.2) is 0 Å². The number of benzene rings is 2. The van der Waals surface area contributed by atoms with Gasteiger partial charge in [0.25, 0.3) is 0 Å². The molecular weight excluding hydrogens is 274 g/mol. The van der Waals surface area contributed by atoms with Gasteiger partial charge in [-0.2, -0.15) is 0 Å². The molecule has 0 spiro atoms. The van der Waals surface area contributed by atoms with E-state index in [-0.39, 0.29) is 18.6 Å². The second kappa shape index (κ2) is 7.54. The first-order chi connectivity index (χ1) is 10.9. The zero-order chi connectivity index (χ0) is 15.2. The molecule has 0 unspecified atom stereocenters. The Kier molecular flexibility index (Phi) is 5.22. The second-order valence-corrected chi connectivity index (χ2v) is 5.83. The van der Waals surface area contributed by atoms with Crippen LogP contribution in [0.5, 0.6) is 0 Å². The van der Waals surface area contributed by atoms with Crippen molar-refractivity contribution < 1.29 is 9.84 Å². The molecule has 0 aromatic heterocycles. The van der Waals surface area contributed by atoms with Crippen molar-refractivity contribution in [3.05, 3.63) is 71.8 Å². The van der Waals surface area contributed by atoms with Crippen LogP contribution >= 0.6 is 0 Å². The van der Waals surface area contributed by atoms with Crippen LogP contribution < -0.4 is 0 Å². The van der Waals surface area contributed by atoms with Crippen LogP contribution in [0.25, 0.3) is 0 Å². The number of rotatable bonds is 4. The van der Waals surface area contributed by atoms with Gasteiger partial charge in [-0.1, -0.05) is 60.7 Å². The van der Waals surface area contributed by atoms with Gasteiger partial charge in [-0.05, 0) is 11.1 Å². The molecule has 2 atom stereocenters. The Morgan fingerprint density at radius 2 is 1.68 bits per heavy atom. The van der Waals surface area contributed by atoms with Crippen molar-refractivity contribution in [1.29, 1.82) is 0 Å². The summed E-state index contributed by atoms with van der Waals surface area (Å²) in [6.45, 7) is 3.46. The first kappa shape index (κ1) is 15.2. The van der Waals surface area contributed by atoms with Gasteiger partial charge in [0, 0.05) is 25.6 Å². The van der Waals surface area contributed by atoms with Gasteiger partial charge in [0.1, 0.15) is 0 Å². The molecule has 2 aromatic carbocycles. The lowest BCUT2D eigenvalue weighted by Crippen LogP contribution is -2.32. The molecular formula is C19H23NO2. The predicted molar refractivity (Wildman–Crippen MR) is 87.7 cm³/mol. The number of hydrogen-bond acceptors (Lipinski definition) is 3. The first-order valence-electron chi connectivity index (χ1n) is 7.90. The van der Waals surface area contributed by atoms with E-state index in [1.807, 2.05) is 12.1 Å². The van der Waals surface area contributed by atoms with E-state index in [0.29, 0.717) is 6.61 Å². The van der Waals surface area contributed by atoms with E-state index in [2.05, 4.69) is 53.4 Å². The van der Waals surface area contributed by atoms with E-state index in [0.717, 1.165) is 19.6 Å². The fraction of sp³-hybridized carbons (Fsp3) is 0.368. The summed E-state index contributed by atoms with van der Waals surface area (Å²) in [6.07, 6.45) is -0.122. The largest absolute Gasteiger partial charge is 0.394 e. The highest BCUT2D eigenvalue weighted by Crippen LogP contribution is 2.26. The maximum Gasteiger partial charge on any atom is 0.0886 e. The van der Waals surface area contributed by atoms with Crippen LogP contribution in [0, 0.1) is 0 Å². The summed E-state index contributed by atoms with van der Waals surface area (Å²) in [5.41, 5.74) is 2.55. The third-order valence-electron chi connectivity index (χ3n) is 4.30. The van der Waals surface area contributed by atoms with Crippen LogP contribution in [-0.2, 0) is 11.3 Å². The molecule has 3 rings (SSSR count). The molecule has 1 saturated heterocycles. The second-order valence-electron chi connectivity index (χ2n) is 5.83. The highest BCUT2D eigenvalue weighted by atomic mass is 16.5. The predicted octanol–water partition coefficient (Wildman–Crippen LogP) is 2.66. The van der Waals surface area contributed by atoms with Crippen LogP contribution in [0.2, 0.25) is 0 Å². The van der Waals surface area contributed by atoms with Gasteiger partial charge in [0.2, 0.25) is 0 Å². The van der Waals surface area contributed by atoms with E-state index < -0.39 is 0 Å². The minimum Gasteiger partial charge on any atom is -0.394 e. The fourth-order valence-corrected chi connectivity index (χ4v) is 3.12. The van der Waals surface area contributed by atoms with Crippen molar-refractivity contribution in [2.24, 2.45) is 0 Å². The third-order valence-corrected chi connectivity index (χ3v) is 4.30. The molecule has 0 aliphatic carbocycles. The molecule has 1 aliphatic heterocycles. The molecule has 3 nitrogen and oxygen atoms in total. The smallest absolute Gasteiger partial charge is 0.0886 e. The van der Waals surface area contributed by atoms with Crippen molar-refractivity contribution in [2.45, 2.75) is 18.6 Å². The minimum atomic E-state index is -0.122. The Balaban J connectivity index is 1.77. The molecule has 0 amide bonds. The highest BCUT2D eigenvalue weighted by molar-refractivity contribution is 5.22. The Morgan fingerprint density at radius 3 is 2.36 bits per heavy atom. The van der Waals surface area contributed by atoms with Crippen LogP contribution in [0.3, 0.4) is 0 Å². The third kappa shape index (κ3) is 3.74. The standard InChI is InChI=1S/C19H23NO2/c21-15-19-18(17-9-5-2-6-10-17)14-20(11-12-22-19)13-16-7-3-1-4-8-16/h1-10,18-19,21H,11-15H2/t18-,19-/m0/s1. The Hall–Kier alpha value is -1.68. The summed E-state index contributed by atoms with van der Waals surface area (Å²) in [5.74, 6) is 0.206. The number of aliphatic hydroxyl groups is 1. The summed E-state index contributed by atoms with van der Waals surface area (Å²) >= 11 is 0. The summed E-state index contributed by atoms with van der Waals surface area (Å²) < 4.78 is 5.90. The number of nitrogens with zero attached hydrogens (tertiary/aromatic N) is 1. The molecule has 0 bridgehead atoms. The molecule has 1 fully saturated rings.